The highest BCUT2D eigenvalue weighted by Crippen LogP contribution is 2.28. The molecule has 3 rings (SSSR count). The molecule has 1 heterocycles. The van der Waals surface area contributed by atoms with Gasteiger partial charge in [-0.05, 0) is 49.9 Å². The van der Waals surface area contributed by atoms with Crippen LogP contribution in [0.1, 0.15) is 54.4 Å². The molecule has 1 saturated carbocycles. The van der Waals surface area contributed by atoms with Gasteiger partial charge in [-0.1, -0.05) is 25.0 Å². The summed E-state index contributed by atoms with van der Waals surface area (Å²) >= 11 is 0. The first-order valence-corrected chi connectivity index (χ1v) is 8.97. The standard InChI is InChI=1S/C19H26N2O3/c22-18(20-12-14-5-3-6-15(11-14)19(23)24)16-7-4-10-21(13-16)17-8-1-2-9-17/h3,5-6,11,16-17H,1-2,4,7-10,12-13H2,(H,20,22)(H,23,24)/t16-/m1/s1. The Bertz CT molecular complexity index is 596. The molecule has 2 aliphatic rings. The molecule has 0 bridgehead atoms. The van der Waals surface area contributed by atoms with E-state index in [1.165, 1.54) is 25.7 Å². The third-order valence-electron chi connectivity index (χ3n) is 5.31. The third kappa shape index (κ3) is 4.15. The second-order valence-electron chi connectivity index (χ2n) is 7.00. The predicted octanol–water partition coefficient (Wildman–Crippen LogP) is 2.66. The molecule has 1 aromatic carbocycles. The molecule has 2 fully saturated rings. The molecule has 130 valence electrons. The van der Waals surface area contributed by atoms with Crippen molar-refractivity contribution in [2.45, 2.75) is 51.1 Å². The minimum atomic E-state index is -0.942. The molecular formula is C19H26N2O3. The van der Waals surface area contributed by atoms with Crippen LogP contribution in [0.2, 0.25) is 0 Å². The van der Waals surface area contributed by atoms with Crippen LogP contribution in [0, 0.1) is 5.92 Å². The summed E-state index contributed by atoms with van der Waals surface area (Å²) < 4.78 is 0. The van der Waals surface area contributed by atoms with Gasteiger partial charge in [-0.2, -0.15) is 0 Å². The zero-order chi connectivity index (χ0) is 16.9. The van der Waals surface area contributed by atoms with E-state index in [0.717, 1.165) is 31.5 Å². The lowest BCUT2D eigenvalue weighted by Crippen LogP contribution is -2.46. The molecule has 0 spiro atoms. The molecule has 0 unspecified atom stereocenters. The van der Waals surface area contributed by atoms with Crippen molar-refractivity contribution >= 4 is 11.9 Å². The Labute approximate surface area is 143 Å². The second-order valence-corrected chi connectivity index (χ2v) is 7.00. The number of hydrogen-bond donors (Lipinski definition) is 2. The Balaban J connectivity index is 1.52. The first kappa shape index (κ1) is 17.0. The van der Waals surface area contributed by atoms with Crippen molar-refractivity contribution in [3.05, 3.63) is 35.4 Å². The number of amides is 1. The SMILES string of the molecule is O=C(O)c1cccc(CNC(=O)[C@@H]2CCCN(C3CCCC3)C2)c1. The summed E-state index contributed by atoms with van der Waals surface area (Å²) in [5, 5.41) is 12.0. The second kappa shape index (κ2) is 7.79. The highest BCUT2D eigenvalue weighted by atomic mass is 16.4. The summed E-state index contributed by atoms with van der Waals surface area (Å²) in [6.45, 7) is 2.38. The number of carbonyl (C=O) groups is 2. The summed E-state index contributed by atoms with van der Waals surface area (Å²) in [4.78, 5) is 26.0. The fourth-order valence-electron chi connectivity index (χ4n) is 3.97. The summed E-state index contributed by atoms with van der Waals surface area (Å²) in [7, 11) is 0. The molecule has 1 amide bonds. The van der Waals surface area contributed by atoms with E-state index in [0.29, 0.717) is 12.6 Å². The van der Waals surface area contributed by atoms with E-state index in [2.05, 4.69) is 10.2 Å². The van der Waals surface area contributed by atoms with Gasteiger partial charge in [0.05, 0.1) is 11.5 Å². The Kier molecular flexibility index (Phi) is 5.51. The van der Waals surface area contributed by atoms with E-state index in [1.807, 2.05) is 6.07 Å². The number of piperidine rings is 1. The molecule has 1 aliphatic heterocycles. The molecule has 1 aliphatic carbocycles. The van der Waals surface area contributed by atoms with Crippen LogP contribution in [0.3, 0.4) is 0 Å². The molecule has 1 saturated heterocycles. The largest absolute Gasteiger partial charge is 0.478 e. The summed E-state index contributed by atoms with van der Waals surface area (Å²) in [5.41, 5.74) is 1.08. The Morgan fingerprint density at radius 3 is 2.71 bits per heavy atom. The Hall–Kier alpha value is -1.88. The maximum atomic E-state index is 12.5. The van der Waals surface area contributed by atoms with Crippen LogP contribution in [-0.2, 0) is 11.3 Å². The van der Waals surface area contributed by atoms with Gasteiger partial charge in [-0.3, -0.25) is 9.69 Å². The number of carboxylic acids is 1. The van der Waals surface area contributed by atoms with E-state index in [1.54, 1.807) is 18.2 Å². The fraction of sp³-hybridized carbons (Fsp3) is 0.579. The molecule has 0 radical (unpaired) electrons. The number of carbonyl (C=O) groups excluding carboxylic acids is 1. The number of hydrogen-bond acceptors (Lipinski definition) is 3. The maximum Gasteiger partial charge on any atom is 0.335 e. The van der Waals surface area contributed by atoms with Gasteiger partial charge in [0.1, 0.15) is 0 Å². The number of likely N-dealkylation sites (tertiary alicyclic amines) is 1. The van der Waals surface area contributed by atoms with Crippen LogP contribution >= 0.6 is 0 Å². The van der Waals surface area contributed by atoms with Crippen LogP contribution in [0.5, 0.6) is 0 Å². The van der Waals surface area contributed by atoms with Gasteiger partial charge in [0.15, 0.2) is 0 Å². The number of rotatable bonds is 5. The Morgan fingerprint density at radius 1 is 1.17 bits per heavy atom. The first-order valence-electron chi connectivity index (χ1n) is 8.97. The van der Waals surface area contributed by atoms with Gasteiger partial charge in [0, 0.05) is 19.1 Å². The summed E-state index contributed by atoms with van der Waals surface area (Å²) in [5.74, 6) is -0.789. The van der Waals surface area contributed by atoms with E-state index in [-0.39, 0.29) is 17.4 Å². The van der Waals surface area contributed by atoms with Gasteiger partial charge >= 0.3 is 5.97 Å². The van der Waals surface area contributed by atoms with Crippen molar-refractivity contribution < 1.29 is 14.7 Å². The monoisotopic (exact) mass is 330 g/mol. The minimum absolute atomic E-state index is 0.0574. The summed E-state index contributed by atoms with van der Waals surface area (Å²) in [6, 6.07) is 7.42. The zero-order valence-corrected chi connectivity index (χ0v) is 14.0. The van der Waals surface area contributed by atoms with E-state index >= 15 is 0 Å². The van der Waals surface area contributed by atoms with Crippen molar-refractivity contribution in [1.82, 2.24) is 10.2 Å². The smallest absolute Gasteiger partial charge is 0.335 e. The number of benzene rings is 1. The van der Waals surface area contributed by atoms with Crippen LogP contribution in [-0.4, -0.2) is 41.0 Å². The average molecular weight is 330 g/mol. The molecule has 5 heteroatoms. The molecule has 1 aromatic rings. The van der Waals surface area contributed by atoms with Crippen LogP contribution in [0.25, 0.3) is 0 Å². The average Bonchev–Trinajstić information content (AvgIpc) is 3.15. The summed E-state index contributed by atoms with van der Waals surface area (Å²) in [6.07, 6.45) is 7.22. The quantitative estimate of drug-likeness (QED) is 0.871. The van der Waals surface area contributed by atoms with Gasteiger partial charge in [0.25, 0.3) is 0 Å². The lowest BCUT2D eigenvalue weighted by Gasteiger charge is -2.36. The van der Waals surface area contributed by atoms with Gasteiger partial charge < -0.3 is 10.4 Å². The molecule has 5 nitrogen and oxygen atoms in total. The van der Waals surface area contributed by atoms with Gasteiger partial charge in [-0.25, -0.2) is 4.79 Å². The van der Waals surface area contributed by atoms with E-state index in [9.17, 15) is 9.59 Å². The van der Waals surface area contributed by atoms with Gasteiger partial charge in [0.2, 0.25) is 5.91 Å². The van der Waals surface area contributed by atoms with Gasteiger partial charge in [-0.15, -0.1) is 0 Å². The number of nitrogens with zero attached hydrogens (tertiary/aromatic N) is 1. The van der Waals surface area contributed by atoms with Crippen molar-refractivity contribution in [2.75, 3.05) is 13.1 Å². The lowest BCUT2D eigenvalue weighted by atomic mass is 9.95. The number of aromatic carboxylic acids is 1. The van der Waals surface area contributed by atoms with Crippen LogP contribution < -0.4 is 5.32 Å². The zero-order valence-electron chi connectivity index (χ0n) is 14.0. The molecule has 1 atom stereocenters. The Morgan fingerprint density at radius 2 is 1.96 bits per heavy atom. The normalized spacial score (nSPS) is 22.4. The van der Waals surface area contributed by atoms with Crippen molar-refractivity contribution in [3.8, 4) is 0 Å². The van der Waals surface area contributed by atoms with Crippen molar-refractivity contribution in [1.29, 1.82) is 0 Å². The van der Waals surface area contributed by atoms with Crippen molar-refractivity contribution in [2.24, 2.45) is 5.92 Å². The van der Waals surface area contributed by atoms with E-state index in [4.69, 9.17) is 5.11 Å². The van der Waals surface area contributed by atoms with Crippen molar-refractivity contribution in [3.63, 3.8) is 0 Å². The third-order valence-corrected chi connectivity index (χ3v) is 5.31. The predicted molar refractivity (Wildman–Crippen MR) is 91.8 cm³/mol. The van der Waals surface area contributed by atoms with Crippen LogP contribution in [0.15, 0.2) is 24.3 Å². The maximum absolute atomic E-state index is 12.5. The molecule has 24 heavy (non-hydrogen) atoms. The van der Waals surface area contributed by atoms with Crippen LogP contribution in [0.4, 0.5) is 0 Å². The highest BCUT2D eigenvalue weighted by Gasteiger charge is 2.30. The van der Waals surface area contributed by atoms with E-state index < -0.39 is 5.97 Å². The molecule has 0 aromatic heterocycles. The number of carboxylic acid groups (broad SMARTS) is 1. The minimum Gasteiger partial charge on any atom is -0.478 e. The molecular weight excluding hydrogens is 304 g/mol. The lowest BCUT2D eigenvalue weighted by molar-refractivity contribution is -0.127. The first-order chi connectivity index (χ1) is 11.6. The number of nitrogens with one attached hydrogen (secondary N) is 1. The molecule has 2 N–H and O–H groups in total. The fourth-order valence-corrected chi connectivity index (χ4v) is 3.97. The topological polar surface area (TPSA) is 69.6 Å². The highest BCUT2D eigenvalue weighted by molar-refractivity contribution is 5.87.